The highest BCUT2D eigenvalue weighted by molar-refractivity contribution is 7.16. The van der Waals surface area contributed by atoms with Crippen LogP contribution in [0.1, 0.15) is 25.7 Å². The van der Waals surface area contributed by atoms with Gasteiger partial charge < -0.3 is 20.1 Å². The van der Waals surface area contributed by atoms with Gasteiger partial charge in [-0.1, -0.05) is 22.9 Å². The summed E-state index contributed by atoms with van der Waals surface area (Å²) in [6.45, 7) is 1.84. The first kappa shape index (κ1) is 20.1. The van der Waals surface area contributed by atoms with E-state index in [1.54, 1.807) is 6.07 Å². The Morgan fingerprint density at radius 2 is 1.97 bits per heavy atom. The molecule has 2 aliphatic rings. The Kier molecular flexibility index (Phi) is 5.41. The lowest BCUT2D eigenvalue weighted by Gasteiger charge is -2.29. The average molecular weight is 443 g/mol. The minimum absolute atomic E-state index is 0.0986. The second-order valence-electron chi connectivity index (χ2n) is 7.93. The summed E-state index contributed by atoms with van der Waals surface area (Å²) in [5, 5.41) is 31.1. The molecule has 1 saturated heterocycles. The summed E-state index contributed by atoms with van der Waals surface area (Å²) in [4.78, 5) is 2.21. The number of aromatic hydroxyl groups is 1. The molecular weight excluding hydrogens is 419 g/mol. The summed E-state index contributed by atoms with van der Waals surface area (Å²) in [6, 6.07) is 7.36. The maximum absolute atomic E-state index is 14.7. The molecule has 0 spiro atoms. The van der Waals surface area contributed by atoms with Crippen LogP contribution in [0, 0.1) is 5.82 Å². The van der Waals surface area contributed by atoms with E-state index in [9.17, 15) is 9.50 Å². The van der Waals surface area contributed by atoms with Gasteiger partial charge in [0.2, 0.25) is 0 Å². The van der Waals surface area contributed by atoms with Gasteiger partial charge in [-0.25, -0.2) is 4.39 Å². The lowest BCUT2D eigenvalue weighted by molar-refractivity contribution is 0.311. The predicted molar refractivity (Wildman–Crippen MR) is 116 cm³/mol. The zero-order valence-corrected chi connectivity index (χ0v) is 17.9. The molecule has 0 amide bonds. The number of hydrogen-bond acceptors (Lipinski definition) is 9. The van der Waals surface area contributed by atoms with Crippen molar-refractivity contribution in [2.75, 3.05) is 25.1 Å². The third-order valence-electron chi connectivity index (χ3n) is 5.91. The smallest absolute Gasteiger partial charge is 0.294 e. The summed E-state index contributed by atoms with van der Waals surface area (Å²) in [7, 11) is 1.47. The Morgan fingerprint density at radius 3 is 2.65 bits per heavy atom. The number of phenols is 1. The molecule has 1 saturated carbocycles. The van der Waals surface area contributed by atoms with Gasteiger partial charge in [-0.15, -0.1) is 15.3 Å². The molecule has 1 atom stereocenters. The van der Waals surface area contributed by atoms with Gasteiger partial charge in [0.1, 0.15) is 11.6 Å². The van der Waals surface area contributed by atoms with Gasteiger partial charge in [0.25, 0.3) is 5.19 Å². The van der Waals surface area contributed by atoms with Crippen LogP contribution in [0.2, 0.25) is 0 Å². The van der Waals surface area contributed by atoms with Crippen LogP contribution in [0.4, 0.5) is 10.2 Å². The van der Waals surface area contributed by atoms with Gasteiger partial charge >= 0.3 is 0 Å². The van der Waals surface area contributed by atoms with E-state index >= 15 is 0 Å². The summed E-state index contributed by atoms with van der Waals surface area (Å²) >= 11 is 1.10. The van der Waals surface area contributed by atoms with Crippen molar-refractivity contribution in [2.24, 2.45) is 0 Å². The number of nitrogens with one attached hydrogen (secondary N) is 1. The zero-order valence-electron chi connectivity index (χ0n) is 17.1. The van der Waals surface area contributed by atoms with Crippen molar-refractivity contribution >= 4 is 17.2 Å². The lowest BCUT2D eigenvalue weighted by Crippen LogP contribution is -2.43. The van der Waals surface area contributed by atoms with Crippen molar-refractivity contribution in [1.82, 2.24) is 25.7 Å². The van der Waals surface area contributed by atoms with Crippen molar-refractivity contribution in [3.63, 3.8) is 0 Å². The number of phenolic OH excluding ortho intramolecular Hbond substituents is 1. The minimum Gasteiger partial charge on any atom is -0.507 e. The van der Waals surface area contributed by atoms with Gasteiger partial charge in [-0.3, -0.25) is 0 Å². The molecule has 5 rings (SSSR count). The first-order valence-corrected chi connectivity index (χ1v) is 11.2. The molecule has 3 heterocycles. The molecule has 0 radical (unpaired) electrons. The molecule has 8 nitrogen and oxygen atoms in total. The molecule has 1 aliphatic carbocycles. The molecule has 10 heteroatoms. The van der Waals surface area contributed by atoms with Crippen LogP contribution in [0.25, 0.3) is 21.8 Å². The number of anilines is 1. The molecule has 31 heavy (non-hydrogen) atoms. The Hall–Kier alpha value is -2.85. The van der Waals surface area contributed by atoms with Gasteiger partial charge in [0, 0.05) is 30.7 Å². The Morgan fingerprint density at radius 1 is 1.10 bits per heavy atom. The number of ether oxygens (including phenoxy) is 1. The Balaban J connectivity index is 1.32. The van der Waals surface area contributed by atoms with E-state index in [4.69, 9.17) is 4.74 Å². The number of methoxy groups -OCH3 is 1. The quantitative estimate of drug-likeness (QED) is 0.601. The van der Waals surface area contributed by atoms with Crippen molar-refractivity contribution in [2.45, 2.75) is 37.8 Å². The maximum atomic E-state index is 14.7. The molecule has 162 valence electrons. The van der Waals surface area contributed by atoms with Crippen LogP contribution in [-0.2, 0) is 0 Å². The van der Waals surface area contributed by atoms with Gasteiger partial charge in [0.15, 0.2) is 10.8 Å². The van der Waals surface area contributed by atoms with Crippen molar-refractivity contribution < 1.29 is 14.2 Å². The van der Waals surface area contributed by atoms with Crippen LogP contribution >= 0.6 is 11.3 Å². The molecule has 0 bridgehead atoms. The third-order valence-corrected chi connectivity index (χ3v) is 6.83. The zero-order chi connectivity index (χ0) is 21.4. The number of rotatable bonds is 6. The first-order valence-electron chi connectivity index (χ1n) is 10.4. The van der Waals surface area contributed by atoms with E-state index in [2.05, 4.69) is 30.6 Å². The standard InChI is InChI=1S/C21H23FN6O2S/c1-30-21-27-26-20(31-21)14-10-18(29)15(9-16(14)22)17-5-6-19(25-24-17)28-8-7-13(11-28)23-12-3-2-4-12/h5-6,9-10,12-13,23,29H,2-4,7-8,11H2,1H3/t13-/m1/s1. The summed E-state index contributed by atoms with van der Waals surface area (Å²) < 4.78 is 19.7. The summed E-state index contributed by atoms with van der Waals surface area (Å²) in [5.74, 6) is 0.166. The summed E-state index contributed by atoms with van der Waals surface area (Å²) in [6.07, 6.45) is 4.96. The fraction of sp³-hybridized carbons (Fsp3) is 0.429. The largest absolute Gasteiger partial charge is 0.507 e. The van der Waals surface area contributed by atoms with Gasteiger partial charge in [0.05, 0.1) is 18.4 Å². The molecular formula is C21H23FN6O2S. The summed E-state index contributed by atoms with van der Waals surface area (Å²) in [5.41, 5.74) is 0.848. The van der Waals surface area contributed by atoms with Crippen LogP contribution in [0.5, 0.6) is 10.9 Å². The number of nitrogens with zero attached hydrogens (tertiary/aromatic N) is 5. The second-order valence-corrected chi connectivity index (χ2v) is 8.87. The highest BCUT2D eigenvalue weighted by Gasteiger charge is 2.28. The normalized spacial score (nSPS) is 18.9. The fourth-order valence-electron chi connectivity index (χ4n) is 3.98. The highest BCUT2D eigenvalue weighted by Crippen LogP contribution is 2.37. The molecule has 2 N–H and O–H groups in total. The first-order chi connectivity index (χ1) is 15.1. The number of halogens is 1. The van der Waals surface area contributed by atoms with Crippen molar-refractivity contribution in [3.05, 3.63) is 30.1 Å². The van der Waals surface area contributed by atoms with E-state index < -0.39 is 5.82 Å². The van der Waals surface area contributed by atoms with Crippen LogP contribution in [0.15, 0.2) is 24.3 Å². The Bertz CT molecular complexity index is 1070. The van der Waals surface area contributed by atoms with Crippen LogP contribution in [-0.4, -0.2) is 57.8 Å². The maximum Gasteiger partial charge on any atom is 0.294 e. The molecule has 3 aromatic rings. The molecule has 1 aromatic carbocycles. The van der Waals surface area contributed by atoms with E-state index in [0.29, 0.717) is 28.0 Å². The molecule has 1 aliphatic heterocycles. The number of aromatic nitrogens is 4. The van der Waals surface area contributed by atoms with E-state index in [1.165, 1.54) is 38.5 Å². The number of benzene rings is 1. The third kappa shape index (κ3) is 4.05. The molecule has 2 fully saturated rings. The average Bonchev–Trinajstić information content (AvgIpc) is 3.42. The lowest BCUT2D eigenvalue weighted by atomic mass is 9.92. The van der Waals surface area contributed by atoms with Crippen LogP contribution < -0.4 is 15.0 Å². The molecule has 2 aromatic heterocycles. The molecule has 0 unspecified atom stereocenters. The highest BCUT2D eigenvalue weighted by atomic mass is 32.1. The number of hydrogen-bond donors (Lipinski definition) is 2. The van der Waals surface area contributed by atoms with Gasteiger partial charge in [-0.2, -0.15) is 0 Å². The van der Waals surface area contributed by atoms with Crippen molar-refractivity contribution in [1.29, 1.82) is 0 Å². The predicted octanol–water partition coefficient (Wildman–Crippen LogP) is 3.24. The monoisotopic (exact) mass is 442 g/mol. The van der Waals surface area contributed by atoms with Gasteiger partial charge in [-0.05, 0) is 43.5 Å². The second kappa shape index (κ2) is 8.35. The van der Waals surface area contributed by atoms with E-state index in [0.717, 1.165) is 36.7 Å². The minimum atomic E-state index is -0.526. The fourth-order valence-corrected chi connectivity index (χ4v) is 4.66. The SMILES string of the molecule is COc1nnc(-c2cc(O)c(-c3ccc(N4CC[C@@H](NC5CCC5)C4)nn3)cc2F)s1. The van der Waals surface area contributed by atoms with E-state index in [1.807, 2.05) is 6.07 Å². The van der Waals surface area contributed by atoms with E-state index in [-0.39, 0.29) is 16.9 Å². The van der Waals surface area contributed by atoms with Crippen LogP contribution in [0.3, 0.4) is 0 Å². The van der Waals surface area contributed by atoms with Crippen molar-refractivity contribution in [3.8, 4) is 32.8 Å². The Labute approximate surface area is 183 Å². The topological polar surface area (TPSA) is 96.3 Å².